The zero-order valence-corrected chi connectivity index (χ0v) is 10.2. The zero-order chi connectivity index (χ0) is 15.7. The molecule has 2 heterocycles. The minimum Gasteiger partial charge on any atom is -0.394 e. The summed E-state index contributed by atoms with van der Waals surface area (Å²) < 4.78 is 19.1. The molecule has 0 aliphatic carbocycles. The molecular formula is C9H10FN5O6. The Hall–Kier alpha value is -2.24. The molecule has 21 heavy (non-hydrogen) atoms. The van der Waals surface area contributed by atoms with Crippen LogP contribution in [0.3, 0.4) is 0 Å². The molecule has 0 bridgehead atoms. The number of H-pyrrole nitrogens is 1. The van der Waals surface area contributed by atoms with Gasteiger partial charge in [-0.15, -0.1) is 0 Å². The molecule has 0 aromatic carbocycles. The quantitative estimate of drug-likeness (QED) is 0.292. The van der Waals surface area contributed by atoms with Crippen molar-refractivity contribution in [2.24, 2.45) is 5.11 Å². The number of hydrogen-bond donors (Lipinski definition) is 4. The summed E-state index contributed by atoms with van der Waals surface area (Å²) in [6.07, 6.45) is -6.14. The second-order valence-electron chi connectivity index (χ2n) is 4.19. The predicted molar refractivity (Wildman–Crippen MR) is 63.1 cm³/mol. The third-order valence-electron chi connectivity index (χ3n) is 2.97. The average molecular weight is 303 g/mol. The summed E-state index contributed by atoms with van der Waals surface area (Å²) in [5.74, 6) is -2.55. The van der Waals surface area contributed by atoms with E-state index in [0.29, 0.717) is 4.57 Å². The van der Waals surface area contributed by atoms with E-state index < -0.39 is 54.0 Å². The maximum absolute atomic E-state index is 13.7. The van der Waals surface area contributed by atoms with E-state index in [9.17, 15) is 24.2 Å². The number of azide groups is 1. The second-order valence-corrected chi connectivity index (χ2v) is 4.19. The van der Waals surface area contributed by atoms with Crippen LogP contribution in [-0.4, -0.2) is 49.8 Å². The smallest absolute Gasteiger partial charge is 0.331 e. The largest absolute Gasteiger partial charge is 0.394 e. The maximum atomic E-state index is 13.7. The van der Waals surface area contributed by atoms with Crippen LogP contribution in [0.15, 0.2) is 14.7 Å². The molecule has 4 N–H and O–H groups in total. The number of aliphatic hydroxyl groups excluding tert-OH is 3. The molecule has 1 aliphatic rings. The third-order valence-corrected chi connectivity index (χ3v) is 2.97. The second kappa shape index (κ2) is 5.63. The SMILES string of the molecule is [N-]=[N+]=Nc1c(F)c(=O)[nH]c(=O)n1[C@@H]1O[C@H](CO)[C@@H](O)[C@H]1O. The lowest BCUT2D eigenvalue weighted by molar-refractivity contribution is -0.0544. The number of ether oxygens (including phenoxy) is 1. The van der Waals surface area contributed by atoms with Crippen LogP contribution in [0, 0.1) is 5.82 Å². The molecule has 0 unspecified atom stereocenters. The summed E-state index contributed by atoms with van der Waals surface area (Å²) in [4.78, 5) is 26.8. The van der Waals surface area contributed by atoms with Crippen LogP contribution in [-0.2, 0) is 4.74 Å². The van der Waals surface area contributed by atoms with Crippen molar-refractivity contribution >= 4 is 5.82 Å². The van der Waals surface area contributed by atoms with Gasteiger partial charge in [0.25, 0.3) is 5.56 Å². The Morgan fingerprint density at radius 1 is 1.43 bits per heavy atom. The average Bonchev–Trinajstić information content (AvgIpc) is 2.73. The zero-order valence-electron chi connectivity index (χ0n) is 10.2. The number of rotatable bonds is 3. The number of aromatic nitrogens is 2. The van der Waals surface area contributed by atoms with Gasteiger partial charge in [-0.05, 0) is 10.6 Å². The van der Waals surface area contributed by atoms with E-state index in [1.165, 1.54) is 0 Å². The number of halogens is 1. The maximum Gasteiger partial charge on any atom is 0.331 e. The molecule has 114 valence electrons. The van der Waals surface area contributed by atoms with Gasteiger partial charge in [0.2, 0.25) is 5.82 Å². The molecule has 0 spiro atoms. The minimum atomic E-state index is -1.71. The van der Waals surface area contributed by atoms with Gasteiger partial charge in [-0.2, -0.15) is 4.39 Å². The highest BCUT2D eigenvalue weighted by molar-refractivity contribution is 5.29. The fourth-order valence-corrected chi connectivity index (χ4v) is 1.98. The van der Waals surface area contributed by atoms with Crippen molar-refractivity contribution in [3.05, 3.63) is 37.1 Å². The molecule has 4 atom stereocenters. The molecule has 1 fully saturated rings. The number of aromatic amines is 1. The minimum absolute atomic E-state index is 0.361. The lowest BCUT2D eigenvalue weighted by atomic mass is 10.1. The molecule has 2 rings (SSSR count). The highest BCUT2D eigenvalue weighted by Gasteiger charge is 2.44. The Bertz CT molecular complexity index is 710. The molecule has 0 radical (unpaired) electrons. The summed E-state index contributed by atoms with van der Waals surface area (Å²) >= 11 is 0. The summed E-state index contributed by atoms with van der Waals surface area (Å²) in [7, 11) is 0. The van der Waals surface area contributed by atoms with Crippen LogP contribution in [0.25, 0.3) is 10.4 Å². The van der Waals surface area contributed by atoms with Gasteiger partial charge in [-0.25, -0.2) is 4.79 Å². The van der Waals surface area contributed by atoms with Gasteiger partial charge in [0, 0.05) is 4.91 Å². The van der Waals surface area contributed by atoms with E-state index in [-0.39, 0.29) is 0 Å². The standard InChI is InChI=1S/C9H10FN5O6/c10-3-6(13-14-11)15(9(20)12-7(3)19)8-5(18)4(17)2(1-16)21-8/h2,4-5,8,16-18H,1H2,(H,12,19,20)/t2-,4-,5-,8-/m1/s1. The van der Waals surface area contributed by atoms with Crippen molar-refractivity contribution < 1.29 is 24.4 Å². The van der Waals surface area contributed by atoms with Crippen LogP contribution in [0.5, 0.6) is 0 Å². The van der Waals surface area contributed by atoms with Crippen LogP contribution in [0.2, 0.25) is 0 Å². The lowest BCUT2D eigenvalue weighted by Gasteiger charge is -2.19. The highest BCUT2D eigenvalue weighted by Crippen LogP contribution is 2.31. The number of hydrogen-bond acceptors (Lipinski definition) is 7. The predicted octanol–water partition coefficient (Wildman–Crippen LogP) is -1.77. The number of nitrogens with zero attached hydrogens (tertiary/aromatic N) is 4. The molecule has 1 aliphatic heterocycles. The topological polar surface area (TPSA) is 174 Å². The van der Waals surface area contributed by atoms with Crippen LogP contribution in [0.4, 0.5) is 10.2 Å². The van der Waals surface area contributed by atoms with Crippen LogP contribution < -0.4 is 11.2 Å². The van der Waals surface area contributed by atoms with Gasteiger partial charge in [-0.1, -0.05) is 0 Å². The van der Waals surface area contributed by atoms with Gasteiger partial charge in [0.05, 0.1) is 6.61 Å². The van der Waals surface area contributed by atoms with Crippen molar-refractivity contribution in [1.82, 2.24) is 9.55 Å². The van der Waals surface area contributed by atoms with E-state index >= 15 is 0 Å². The molecular weight excluding hydrogens is 293 g/mol. The Morgan fingerprint density at radius 2 is 2.10 bits per heavy atom. The highest BCUT2D eigenvalue weighted by atomic mass is 19.1. The van der Waals surface area contributed by atoms with Gasteiger partial charge in [0.1, 0.15) is 18.3 Å². The molecule has 1 saturated heterocycles. The molecule has 0 saturated carbocycles. The van der Waals surface area contributed by atoms with E-state index in [1.54, 1.807) is 4.98 Å². The Morgan fingerprint density at radius 3 is 2.62 bits per heavy atom. The Labute approximate surface area is 114 Å². The van der Waals surface area contributed by atoms with Crippen molar-refractivity contribution in [3.8, 4) is 0 Å². The third kappa shape index (κ3) is 2.41. The normalized spacial score (nSPS) is 28.4. The fraction of sp³-hybridized carbons (Fsp3) is 0.556. The first-order valence-electron chi connectivity index (χ1n) is 5.64. The lowest BCUT2D eigenvalue weighted by Crippen LogP contribution is -2.39. The first-order valence-corrected chi connectivity index (χ1v) is 5.64. The first-order chi connectivity index (χ1) is 9.92. The molecule has 12 heteroatoms. The van der Waals surface area contributed by atoms with Gasteiger partial charge < -0.3 is 20.1 Å². The van der Waals surface area contributed by atoms with Crippen LogP contribution >= 0.6 is 0 Å². The summed E-state index contributed by atoms with van der Waals surface area (Å²) in [5, 5.41) is 31.3. The summed E-state index contributed by atoms with van der Waals surface area (Å²) in [5.41, 5.74) is 5.76. The van der Waals surface area contributed by atoms with Crippen molar-refractivity contribution in [2.45, 2.75) is 24.5 Å². The first kappa shape index (κ1) is 15.2. The van der Waals surface area contributed by atoms with E-state index in [1.807, 2.05) is 0 Å². The van der Waals surface area contributed by atoms with E-state index in [4.69, 9.17) is 15.4 Å². The van der Waals surface area contributed by atoms with Crippen molar-refractivity contribution in [3.63, 3.8) is 0 Å². The van der Waals surface area contributed by atoms with Gasteiger partial charge >= 0.3 is 5.69 Å². The van der Waals surface area contributed by atoms with Gasteiger partial charge in [-0.3, -0.25) is 14.3 Å². The van der Waals surface area contributed by atoms with Crippen molar-refractivity contribution in [2.75, 3.05) is 6.61 Å². The molecule has 1 aromatic rings. The summed E-state index contributed by atoms with van der Waals surface area (Å²) in [6.45, 7) is -0.674. The molecule has 11 nitrogen and oxygen atoms in total. The van der Waals surface area contributed by atoms with Crippen LogP contribution in [0.1, 0.15) is 6.23 Å². The van der Waals surface area contributed by atoms with E-state index in [2.05, 4.69) is 10.0 Å². The fourth-order valence-electron chi connectivity index (χ4n) is 1.98. The van der Waals surface area contributed by atoms with E-state index in [0.717, 1.165) is 0 Å². The van der Waals surface area contributed by atoms with Crippen molar-refractivity contribution in [1.29, 1.82) is 0 Å². The summed E-state index contributed by atoms with van der Waals surface area (Å²) in [6, 6.07) is 0. The molecule has 1 aromatic heterocycles. The molecule has 0 amide bonds. The monoisotopic (exact) mass is 303 g/mol. The van der Waals surface area contributed by atoms with Gasteiger partial charge in [0.15, 0.2) is 12.0 Å². The Balaban J connectivity index is 2.64. The number of aliphatic hydroxyl groups is 3. The number of nitrogens with one attached hydrogen (secondary N) is 1. The Kier molecular flexibility index (Phi) is 4.06.